The van der Waals surface area contributed by atoms with Gasteiger partial charge in [0.25, 0.3) is 0 Å². The molecule has 29 heavy (non-hydrogen) atoms. The summed E-state index contributed by atoms with van der Waals surface area (Å²) in [6, 6.07) is 18.7. The number of carbonyl (C=O) groups is 1. The predicted octanol–water partition coefficient (Wildman–Crippen LogP) is 3.58. The number of aromatic nitrogens is 5. The zero-order valence-corrected chi connectivity index (χ0v) is 16.6. The van der Waals surface area contributed by atoms with Gasteiger partial charge in [0.15, 0.2) is 24.7 Å². The minimum Gasteiger partial charge on any atom is -0.289 e. The second kappa shape index (κ2) is 8.32. The van der Waals surface area contributed by atoms with Crippen molar-refractivity contribution in [2.75, 3.05) is 0 Å². The number of tetrazole rings is 1. The van der Waals surface area contributed by atoms with Gasteiger partial charge in [0.05, 0.1) is 6.54 Å². The quantitative estimate of drug-likeness (QED) is 0.364. The Bertz CT molecular complexity index is 1120. The molecule has 2 aromatic carbocycles. The zero-order chi connectivity index (χ0) is 20.2. The number of pyridine rings is 1. The van der Waals surface area contributed by atoms with Gasteiger partial charge in [-0.15, -0.1) is 10.2 Å². The van der Waals surface area contributed by atoms with Gasteiger partial charge in [-0.2, -0.15) is 4.80 Å². The van der Waals surface area contributed by atoms with E-state index in [1.165, 1.54) is 0 Å². The van der Waals surface area contributed by atoms with Crippen LogP contribution in [-0.4, -0.2) is 26.0 Å². The molecule has 0 aliphatic rings. The molecule has 2 aromatic heterocycles. The number of halogens is 1. The van der Waals surface area contributed by atoms with E-state index in [0.717, 1.165) is 11.1 Å². The highest BCUT2D eigenvalue weighted by Gasteiger charge is 2.12. The van der Waals surface area contributed by atoms with Crippen molar-refractivity contribution < 1.29 is 9.36 Å². The van der Waals surface area contributed by atoms with Crippen LogP contribution in [0.25, 0.3) is 11.4 Å². The Balaban J connectivity index is 1.44. The summed E-state index contributed by atoms with van der Waals surface area (Å²) in [5, 5.41) is 13.0. The predicted molar refractivity (Wildman–Crippen MR) is 110 cm³/mol. The molecule has 6 nitrogen and oxygen atoms in total. The summed E-state index contributed by atoms with van der Waals surface area (Å²) in [5.41, 5.74) is 3.33. The third-order valence-electron chi connectivity index (χ3n) is 4.57. The number of ketones is 1. The topological polar surface area (TPSA) is 64.6 Å². The molecule has 0 saturated heterocycles. The van der Waals surface area contributed by atoms with Crippen LogP contribution in [0.1, 0.15) is 28.4 Å². The van der Waals surface area contributed by atoms with Gasteiger partial charge < -0.3 is 0 Å². The fourth-order valence-electron chi connectivity index (χ4n) is 2.94. The molecule has 0 bridgehead atoms. The molecule has 4 aromatic rings. The second-order valence-corrected chi connectivity index (χ2v) is 7.03. The summed E-state index contributed by atoms with van der Waals surface area (Å²) in [6.07, 6.45) is 3.82. The molecule has 0 aliphatic carbocycles. The van der Waals surface area contributed by atoms with Gasteiger partial charge in [0.1, 0.15) is 0 Å². The van der Waals surface area contributed by atoms with E-state index >= 15 is 0 Å². The first-order valence-electron chi connectivity index (χ1n) is 9.29. The highest BCUT2D eigenvalue weighted by molar-refractivity contribution is 6.30. The fraction of sp³-hybridized carbons (Fsp3) is 0.136. The molecule has 0 amide bonds. The van der Waals surface area contributed by atoms with E-state index in [1.54, 1.807) is 29.1 Å². The van der Waals surface area contributed by atoms with Crippen LogP contribution in [0.4, 0.5) is 0 Å². The Morgan fingerprint density at radius 1 is 0.966 bits per heavy atom. The summed E-state index contributed by atoms with van der Waals surface area (Å²) in [6.45, 7) is 3.36. The summed E-state index contributed by atoms with van der Waals surface area (Å²) in [5.74, 6) is 0.599. The Morgan fingerprint density at radius 3 is 2.24 bits per heavy atom. The van der Waals surface area contributed by atoms with E-state index in [4.69, 9.17) is 11.6 Å². The second-order valence-electron chi connectivity index (χ2n) is 6.59. The van der Waals surface area contributed by atoms with Crippen LogP contribution in [0.3, 0.4) is 0 Å². The first-order chi connectivity index (χ1) is 14.1. The molecule has 144 valence electrons. The lowest BCUT2D eigenvalue weighted by molar-refractivity contribution is -0.688. The average Bonchev–Trinajstić information content (AvgIpc) is 3.24. The summed E-state index contributed by atoms with van der Waals surface area (Å²) in [4.78, 5) is 14.1. The van der Waals surface area contributed by atoms with E-state index in [9.17, 15) is 4.79 Å². The largest absolute Gasteiger partial charge is 0.289 e. The highest BCUT2D eigenvalue weighted by atomic mass is 35.5. The van der Waals surface area contributed by atoms with Crippen molar-refractivity contribution in [1.29, 1.82) is 0 Å². The minimum atomic E-state index is -0.0224. The van der Waals surface area contributed by atoms with E-state index in [2.05, 4.69) is 15.4 Å². The summed E-state index contributed by atoms with van der Waals surface area (Å²) >= 11 is 5.89. The van der Waals surface area contributed by atoms with E-state index in [1.807, 2.05) is 60.3 Å². The normalized spacial score (nSPS) is 10.8. The van der Waals surface area contributed by atoms with Gasteiger partial charge >= 0.3 is 0 Å². The first-order valence-corrected chi connectivity index (χ1v) is 9.66. The van der Waals surface area contributed by atoms with E-state index in [0.29, 0.717) is 35.1 Å². The molecule has 0 N–H and O–H groups in total. The van der Waals surface area contributed by atoms with Gasteiger partial charge in [-0.05, 0) is 36.4 Å². The van der Waals surface area contributed by atoms with Crippen LogP contribution in [-0.2, 0) is 13.1 Å². The van der Waals surface area contributed by atoms with Crippen LogP contribution < -0.4 is 4.57 Å². The van der Waals surface area contributed by atoms with Crippen LogP contribution >= 0.6 is 11.6 Å². The van der Waals surface area contributed by atoms with Crippen molar-refractivity contribution in [3.63, 3.8) is 0 Å². The number of aryl methyl sites for hydroxylation is 1. The number of rotatable bonds is 6. The van der Waals surface area contributed by atoms with Crippen LogP contribution in [0, 0.1) is 0 Å². The van der Waals surface area contributed by atoms with Crippen LogP contribution in [0.15, 0.2) is 73.1 Å². The number of benzene rings is 2. The number of carbonyl (C=O) groups excluding carboxylic acids is 1. The van der Waals surface area contributed by atoms with Crippen molar-refractivity contribution in [3.05, 3.63) is 94.8 Å². The van der Waals surface area contributed by atoms with E-state index in [-0.39, 0.29) is 5.78 Å². The minimum absolute atomic E-state index is 0.0224. The zero-order valence-electron chi connectivity index (χ0n) is 15.9. The van der Waals surface area contributed by atoms with Crippen molar-refractivity contribution in [1.82, 2.24) is 20.2 Å². The molecule has 4 rings (SSSR count). The van der Waals surface area contributed by atoms with Crippen molar-refractivity contribution in [2.45, 2.75) is 20.0 Å². The van der Waals surface area contributed by atoms with Crippen LogP contribution in [0.2, 0.25) is 5.02 Å². The smallest absolute Gasteiger partial charge is 0.204 e. The number of hydrogen-bond donors (Lipinski definition) is 0. The molecule has 7 heteroatoms. The maximum atomic E-state index is 12.6. The molecule has 0 radical (unpaired) electrons. The van der Waals surface area contributed by atoms with Crippen molar-refractivity contribution in [2.24, 2.45) is 0 Å². The van der Waals surface area contributed by atoms with Crippen molar-refractivity contribution in [3.8, 4) is 11.4 Å². The van der Waals surface area contributed by atoms with E-state index < -0.39 is 0 Å². The maximum Gasteiger partial charge on any atom is 0.204 e. The third-order valence-corrected chi connectivity index (χ3v) is 4.82. The van der Waals surface area contributed by atoms with Crippen molar-refractivity contribution >= 4 is 17.4 Å². The van der Waals surface area contributed by atoms with Gasteiger partial charge in [-0.1, -0.05) is 35.9 Å². The van der Waals surface area contributed by atoms with Gasteiger partial charge in [-0.25, -0.2) is 4.57 Å². The van der Waals surface area contributed by atoms with Crippen LogP contribution in [0.5, 0.6) is 0 Å². The van der Waals surface area contributed by atoms with Gasteiger partial charge in [0, 0.05) is 39.4 Å². The lowest BCUT2D eigenvalue weighted by Gasteiger charge is -2.02. The number of nitrogens with zero attached hydrogens (tertiary/aromatic N) is 5. The molecule has 0 atom stereocenters. The molecule has 0 aliphatic heterocycles. The average molecular weight is 405 g/mol. The number of hydrogen-bond acceptors (Lipinski definition) is 4. The highest BCUT2D eigenvalue weighted by Crippen LogP contribution is 2.15. The molecule has 2 heterocycles. The molecular weight excluding hydrogens is 386 g/mol. The molecule has 0 fully saturated rings. The first kappa shape index (κ1) is 19.0. The lowest BCUT2D eigenvalue weighted by atomic mass is 10.0. The Labute approximate surface area is 173 Å². The molecule has 0 saturated carbocycles. The molecule has 0 spiro atoms. The van der Waals surface area contributed by atoms with Gasteiger partial charge in [0.2, 0.25) is 5.82 Å². The maximum absolute atomic E-state index is 12.6. The molecular formula is C22H19ClN5O+. The molecule has 0 unspecified atom stereocenters. The summed E-state index contributed by atoms with van der Waals surface area (Å²) in [7, 11) is 0. The fourth-order valence-corrected chi connectivity index (χ4v) is 3.07. The SMILES string of the molecule is CCn1nnc(-c2ccc(C[n+]3ccc(C(=O)c4ccc(Cl)cc4)cc3)cc2)n1. The Hall–Kier alpha value is -3.38. The summed E-state index contributed by atoms with van der Waals surface area (Å²) < 4.78 is 2.03. The monoisotopic (exact) mass is 404 g/mol. The third kappa shape index (κ3) is 4.38. The lowest BCUT2D eigenvalue weighted by Crippen LogP contribution is -2.33. The van der Waals surface area contributed by atoms with Gasteiger partial charge in [-0.3, -0.25) is 4.79 Å². The Morgan fingerprint density at radius 2 is 1.62 bits per heavy atom. The standard InChI is InChI=1S/C22H19ClN5O/c1-2-28-25-22(24-26-28)19-5-3-16(4-6-19)15-27-13-11-18(12-14-27)21(29)17-7-9-20(23)10-8-17/h3-14H,2,15H2,1H3/q+1. The Kier molecular flexibility index (Phi) is 5.44.